The van der Waals surface area contributed by atoms with Crippen molar-refractivity contribution in [2.24, 2.45) is 0 Å². The smallest absolute Gasteiger partial charge is 0.162 e. The molecule has 0 saturated carbocycles. The molecule has 1 aliphatic heterocycles. The fourth-order valence-corrected chi connectivity index (χ4v) is 1.43. The minimum atomic E-state index is -1.36. The molecule has 0 aliphatic carbocycles. The Labute approximate surface area is 105 Å². The van der Waals surface area contributed by atoms with Crippen LogP contribution in [0.2, 0.25) is 0 Å². The van der Waals surface area contributed by atoms with Crippen molar-refractivity contribution < 1.29 is 24.7 Å². The summed E-state index contributed by atoms with van der Waals surface area (Å²) in [7, 11) is 0. The minimum Gasteiger partial charge on any atom is -0.545 e. The number of aromatic carboxylic acids is 1. The van der Waals surface area contributed by atoms with Gasteiger partial charge in [-0.2, -0.15) is 0 Å². The Morgan fingerprint density at radius 3 is 2.33 bits per heavy atom. The monoisotopic (exact) mass is 252 g/mol. The van der Waals surface area contributed by atoms with Gasteiger partial charge in [0, 0.05) is 23.5 Å². The van der Waals surface area contributed by atoms with Crippen LogP contribution < -0.4 is 10.4 Å². The summed E-state index contributed by atoms with van der Waals surface area (Å²) in [5, 5.41) is 12.7. The van der Waals surface area contributed by atoms with Gasteiger partial charge in [-0.15, -0.1) is 0 Å². The molecule has 0 aromatic carbocycles. The average Bonchev–Trinajstić information content (AvgIpc) is 2.41. The first-order valence-corrected chi connectivity index (χ1v) is 5.68. The summed E-state index contributed by atoms with van der Waals surface area (Å²) >= 11 is 0. The molecular formula is C12H16N2O4. The number of pyridine rings is 1. The van der Waals surface area contributed by atoms with Gasteiger partial charge in [0.05, 0.1) is 32.3 Å². The van der Waals surface area contributed by atoms with Crippen molar-refractivity contribution in [3.05, 3.63) is 29.6 Å². The predicted octanol–water partition coefficient (Wildman–Crippen LogP) is -1.77. The maximum Gasteiger partial charge on any atom is 0.162 e. The molecule has 2 heterocycles. The number of carboxylic acids is 1. The highest BCUT2D eigenvalue weighted by molar-refractivity contribution is 6.03. The quantitative estimate of drug-likeness (QED) is 0.628. The van der Waals surface area contributed by atoms with Crippen molar-refractivity contribution in [3.8, 4) is 0 Å². The third kappa shape index (κ3) is 4.60. The molecule has 0 unspecified atom stereocenters. The third-order valence-corrected chi connectivity index (χ3v) is 2.35. The van der Waals surface area contributed by atoms with Gasteiger partial charge < -0.3 is 20.0 Å². The lowest BCUT2D eigenvalue weighted by atomic mass is 10.1. The molecule has 0 radical (unpaired) electrons. The zero-order valence-electron chi connectivity index (χ0n) is 10.2. The zero-order chi connectivity index (χ0) is 13.4. The second-order valence-corrected chi connectivity index (χ2v) is 3.74. The first-order valence-electron chi connectivity index (χ1n) is 5.68. The molecule has 6 heteroatoms. The second kappa shape index (κ2) is 7.52. The lowest BCUT2D eigenvalue weighted by Gasteiger charge is -2.07. The highest BCUT2D eigenvalue weighted by atomic mass is 16.5. The Kier molecular flexibility index (Phi) is 5.96. The molecule has 2 rings (SSSR count). The molecule has 0 bridgehead atoms. The number of ether oxygens (including phenoxy) is 1. The average molecular weight is 252 g/mol. The Morgan fingerprint density at radius 1 is 1.33 bits per heavy atom. The number of carboxylic acid groups (broad SMARTS) is 1. The molecule has 98 valence electrons. The van der Waals surface area contributed by atoms with Gasteiger partial charge in [-0.1, -0.05) is 0 Å². The lowest BCUT2D eigenvalue weighted by molar-refractivity contribution is -0.670. The summed E-state index contributed by atoms with van der Waals surface area (Å²) < 4.78 is 5.04. The molecule has 1 saturated heterocycles. The summed E-state index contributed by atoms with van der Waals surface area (Å²) in [4.78, 5) is 24.9. The van der Waals surface area contributed by atoms with E-state index < -0.39 is 5.97 Å². The van der Waals surface area contributed by atoms with Crippen LogP contribution in [0.5, 0.6) is 0 Å². The SMILES string of the molecule is C1COCC[NH2+]1.CC(=O)c1cnccc1C(=O)[O-]. The third-order valence-electron chi connectivity index (χ3n) is 2.35. The summed E-state index contributed by atoms with van der Waals surface area (Å²) in [5.74, 6) is -1.69. The highest BCUT2D eigenvalue weighted by Crippen LogP contribution is 2.05. The molecule has 1 fully saturated rings. The highest BCUT2D eigenvalue weighted by Gasteiger charge is 2.06. The zero-order valence-corrected chi connectivity index (χ0v) is 10.2. The fraction of sp³-hybridized carbons (Fsp3) is 0.417. The van der Waals surface area contributed by atoms with Gasteiger partial charge in [0.15, 0.2) is 5.78 Å². The van der Waals surface area contributed by atoms with E-state index in [0.29, 0.717) is 0 Å². The summed E-state index contributed by atoms with van der Waals surface area (Å²) in [5.41, 5.74) is -0.0324. The van der Waals surface area contributed by atoms with E-state index in [1.165, 1.54) is 25.4 Å². The molecule has 1 aliphatic rings. The molecular weight excluding hydrogens is 236 g/mol. The number of rotatable bonds is 2. The molecule has 6 nitrogen and oxygen atoms in total. The summed E-state index contributed by atoms with van der Waals surface area (Å²) in [6.45, 7) is 5.48. The van der Waals surface area contributed by atoms with Crippen molar-refractivity contribution in [1.82, 2.24) is 4.98 Å². The van der Waals surface area contributed by atoms with Gasteiger partial charge in [-0.3, -0.25) is 9.78 Å². The van der Waals surface area contributed by atoms with Crippen molar-refractivity contribution in [2.75, 3.05) is 26.3 Å². The molecule has 0 amide bonds. The van der Waals surface area contributed by atoms with Crippen LogP contribution in [0.15, 0.2) is 18.5 Å². The van der Waals surface area contributed by atoms with Gasteiger partial charge in [0.25, 0.3) is 0 Å². The minimum absolute atomic E-state index is 0.0810. The van der Waals surface area contributed by atoms with Crippen LogP contribution in [0.3, 0.4) is 0 Å². The number of Topliss-reactive ketones (excluding diaryl/α,β-unsaturated/α-hetero) is 1. The first kappa shape index (κ1) is 14.3. The number of quaternary nitrogens is 1. The number of hydrogen-bond acceptors (Lipinski definition) is 5. The second-order valence-electron chi connectivity index (χ2n) is 3.74. The molecule has 1 aromatic rings. The Balaban J connectivity index is 0.000000225. The summed E-state index contributed by atoms with van der Waals surface area (Å²) in [6.07, 6.45) is 2.52. The van der Waals surface area contributed by atoms with Crippen LogP contribution >= 0.6 is 0 Å². The normalized spacial score (nSPS) is 14.3. The van der Waals surface area contributed by atoms with Gasteiger partial charge in [-0.05, 0) is 13.0 Å². The van der Waals surface area contributed by atoms with Crippen LogP contribution in [0.25, 0.3) is 0 Å². The first-order chi connectivity index (χ1) is 8.63. The maximum absolute atomic E-state index is 10.8. The van der Waals surface area contributed by atoms with Crippen LogP contribution in [-0.4, -0.2) is 43.0 Å². The fourth-order valence-electron chi connectivity index (χ4n) is 1.43. The Hall–Kier alpha value is -1.79. The van der Waals surface area contributed by atoms with Crippen molar-refractivity contribution in [1.29, 1.82) is 0 Å². The van der Waals surface area contributed by atoms with Crippen molar-refractivity contribution in [3.63, 3.8) is 0 Å². The number of carbonyl (C=O) groups is 2. The van der Waals surface area contributed by atoms with Gasteiger partial charge >= 0.3 is 0 Å². The standard InChI is InChI=1S/C8H7NO3.C4H9NO/c1-5(10)7-4-9-3-2-6(7)8(11)12;1-3-6-4-2-5-1/h2-4H,1H3,(H,11,12);5H,1-4H2. The van der Waals surface area contributed by atoms with Crippen LogP contribution in [0, 0.1) is 0 Å². The molecule has 2 N–H and O–H groups in total. The van der Waals surface area contributed by atoms with E-state index >= 15 is 0 Å². The molecule has 0 spiro atoms. The topological polar surface area (TPSA) is 95.9 Å². The van der Waals surface area contributed by atoms with Crippen molar-refractivity contribution >= 4 is 11.8 Å². The van der Waals surface area contributed by atoms with Crippen LogP contribution in [0.4, 0.5) is 0 Å². The molecule has 0 atom stereocenters. The molecule has 1 aromatic heterocycles. The number of ketones is 1. The lowest BCUT2D eigenvalue weighted by Crippen LogP contribution is -2.87. The van der Waals surface area contributed by atoms with Crippen LogP contribution in [-0.2, 0) is 4.74 Å². The number of nitrogens with zero attached hydrogens (tertiary/aromatic N) is 1. The van der Waals surface area contributed by atoms with E-state index in [-0.39, 0.29) is 16.9 Å². The number of aromatic nitrogens is 1. The van der Waals surface area contributed by atoms with Crippen LogP contribution in [0.1, 0.15) is 27.6 Å². The largest absolute Gasteiger partial charge is 0.545 e. The van der Waals surface area contributed by atoms with E-state index in [4.69, 9.17) is 4.74 Å². The van der Waals surface area contributed by atoms with Gasteiger partial charge in [0.2, 0.25) is 0 Å². The molecule has 18 heavy (non-hydrogen) atoms. The maximum atomic E-state index is 10.8. The van der Waals surface area contributed by atoms with E-state index in [1.807, 2.05) is 0 Å². The number of carbonyl (C=O) groups excluding carboxylic acids is 2. The number of hydrogen-bond donors (Lipinski definition) is 1. The predicted molar refractivity (Wildman–Crippen MR) is 61.1 cm³/mol. The van der Waals surface area contributed by atoms with E-state index in [9.17, 15) is 14.7 Å². The van der Waals surface area contributed by atoms with E-state index in [2.05, 4.69) is 10.3 Å². The number of morpholine rings is 1. The Morgan fingerprint density at radius 2 is 2.00 bits per heavy atom. The number of nitrogens with two attached hydrogens (primary N) is 1. The van der Waals surface area contributed by atoms with E-state index in [1.54, 1.807) is 0 Å². The van der Waals surface area contributed by atoms with Gasteiger partial charge in [-0.25, -0.2) is 0 Å². The Bertz CT molecular complexity index is 372. The van der Waals surface area contributed by atoms with Gasteiger partial charge in [0.1, 0.15) is 0 Å². The van der Waals surface area contributed by atoms with Crippen molar-refractivity contribution in [2.45, 2.75) is 6.92 Å². The summed E-state index contributed by atoms with van der Waals surface area (Å²) in [6, 6.07) is 1.24. The van der Waals surface area contributed by atoms with E-state index in [0.717, 1.165) is 26.3 Å².